The maximum Gasteiger partial charge on any atom is 0.141 e. The molecule has 1 aromatic rings. The normalized spacial score (nSPS) is 10.2. The van der Waals surface area contributed by atoms with E-state index in [1.165, 1.54) is 0 Å². The van der Waals surface area contributed by atoms with E-state index in [9.17, 15) is 0 Å². The fourth-order valence-corrected chi connectivity index (χ4v) is 1.96. The Morgan fingerprint density at radius 3 is 3.07 bits per heavy atom. The Labute approximate surface area is 93.4 Å². The molecule has 0 radical (unpaired) electrons. The predicted molar refractivity (Wildman–Crippen MR) is 63.1 cm³/mol. The number of nitrogens with zero attached hydrogens (tertiary/aromatic N) is 1. The van der Waals surface area contributed by atoms with Crippen molar-refractivity contribution in [3.63, 3.8) is 0 Å². The zero-order chi connectivity index (χ0) is 11.1. The zero-order valence-electron chi connectivity index (χ0n) is 8.44. The minimum Gasteiger partial charge on any atom is -0.396 e. The maximum absolute atomic E-state index is 8.61. The van der Waals surface area contributed by atoms with Crippen molar-refractivity contribution in [2.24, 2.45) is 5.73 Å². The van der Waals surface area contributed by atoms with Crippen LogP contribution in [0.5, 0.6) is 0 Å². The molecule has 5 heteroatoms. The summed E-state index contributed by atoms with van der Waals surface area (Å²) in [5, 5.41) is 15.9. The molecule has 1 rings (SSSR count). The van der Waals surface area contributed by atoms with Gasteiger partial charge in [-0.05, 0) is 29.9 Å². The largest absolute Gasteiger partial charge is 0.396 e. The van der Waals surface area contributed by atoms with Gasteiger partial charge < -0.3 is 10.8 Å². The molecule has 4 nitrogen and oxygen atoms in total. The first kappa shape index (κ1) is 12.0. The molecule has 0 saturated heterocycles. The lowest BCUT2D eigenvalue weighted by Gasteiger charge is -2.03. The lowest BCUT2D eigenvalue weighted by atomic mass is 10.2. The molecule has 0 aliphatic carbocycles. The van der Waals surface area contributed by atoms with E-state index in [1.54, 1.807) is 18.0 Å². The highest BCUT2D eigenvalue weighted by Crippen LogP contribution is 2.13. The molecule has 0 aliphatic heterocycles. The summed E-state index contributed by atoms with van der Waals surface area (Å²) in [6, 6.07) is 3.74. The average Bonchev–Trinajstić information content (AvgIpc) is 2.25. The van der Waals surface area contributed by atoms with Gasteiger partial charge in [-0.1, -0.05) is 0 Å². The third-order valence-corrected chi connectivity index (χ3v) is 2.93. The molecule has 0 aliphatic rings. The summed E-state index contributed by atoms with van der Waals surface area (Å²) in [5.41, 5.74) is 6.97. The molecule has 0 amide bonds. The van der Waals surface area contributed by atoms with Crippen LogP contribution in [0.15, 0.2) is 18.3 Å². The molecule has 1 aromatic heterocycles. The fraction of sp³-hybridized carbons (Fsp3) is 0.400. The molecule has 0 bridgehead atoms. The Morgan fingerprint density at radius 2 is 2.40 bits per heavy atom. The third kappa shape index (κ3) is 4.31. The molecule has 15 heavy (non-hydrogen) atoms. The first-order chi connectivity index (χ1) is 7.24. The van der Waals surface area contributed by atoms with Gasteiger partial charge in [0.05, 0.1) is 0 Å². The molecular formula is C10H15N3OS. The summed E-state index contributed by atoms with van der Waals surface area (Å²) < 4.78 is 0. The topological polar surface area (TPSA) is 83.0 Å². The molecule has 82 valence electrons. The molecule has 0 spiro atoms. The average molecular weight is 225 g/mol. The first-order valence-corrected chi connectivity index (χ1v) is 5.87. The monoisotopic (exact) mass is 225 g/mol. The van der Waals surface area contributed by atoms with Gasteiger partial charge in [-0.25, -0.2) is 0 Å². The van der Waals surface area contributed by atoms with Gasteiger partial charge in [-0.3, -0.25) is 10.4 Å². The molecule has 0 atom stereocenters. The van der Waals surface area contributed by atoms with E-state index >= 15 is 0 Å². The lowest BCUT2D eigenvalue weighted by molar-refractivity contribution is 0.296. The lowest BCUT2D eigenvalue weighted by Crippen LogP contribution is -2.13. The van der Waals surface area contributed by atoms with Gasteiger partial charge in [0.15, 0.2) is 0 Å². The molecule has 0 fully saturated rings. The summed E-state index contributed by atoms with van der Waals surface area (Å²) in [5.74, 6) is 1.80. The first-order valence-electron chi connectivity index (χ1n) is 4.72. The van der Waals surface area contributed by atoms with Gasteiger partial charge >= 0.3 is 0 Å². The van der Waals surface area contributed by atoms with Crippen molar-refractivity contribution in [2.75, 3.05) is 12.4 Å². The van der Waals surface area contributed by atoms with Crippen LogP contribution in [0.1, 0.15) is 17.7 Å². The Morgan fingerprint density at radius 1 is 1.60 bits per heavy atom. The quantitative estimate of drug-likeness (QED) is 0.383. The van der Waals surface area contributed by atoms with Crippen LogP contribution in [-0.2, 0) is 5.75 Å². The van der Waals surface area contributed by atoms with E-state index in [-0.39, 0.29) is 12.4 Å². The summed E-state index contributed by atoms with van der Waals surface area (Å²) in [4.78, 5) is 3.98. The van der Waals surface area contributed by atoms with Crippen LogP contribution in [0.4, 0.5) is 0 Å². The molecular weight excluding hydrogens is 210 g/mol. The number of aliphatic hydroxyl groups excluding tert-OH is 1. The van der Waals surface area contributed by atoms with Crippen LogP contribution in [0.25, 0.3) is 0 Å². The molecule has 0 aromatic carbocycles. The van der Waals surface area contributed by atoms with Crippen LogP contribution in [0.3, 0.4) is 0 Å². The van der Waals surface area contributed by atoms with Crippen molar-refractivity contribution in [1.29, 1.82) is 5.41 Å². The van der Waals surface area contributed by atoms with Crippen molar-refractivity contribution in [2.45, 2.75) is 12.2 Å². The molecule has 4 N–H and O–H groups in total. The summed E-state index contributed by atoms with van der Waals surface area (Å²) in [6.45, 7) is 0.238. The second-order valence-electron chi connectivity index (χ2n) is 3.09. The maximum atomic E-state index is 8.61. The minimum atomic E-state index is -0.00259. The Kier molecular flexibility index (Phi) is 5.14. The number of thioether (sulfide) groups is 1. The number of nitrogens with two attached hydrogens (primary N) is 1. The Bertz CT molecular complexity index is 330. The Hall–Kier alpha value is -1.07. The van der Waals surface area contributed by atoms with Crippen LogP contribution >= 0.6 is 11.8 Å². The number of pyridine rings is 1. The van der Waals surface area contributed by atoms with Crippen molar-refractivity contribution in [3.8, 4) is 0 Å². The highest BCUT2D eigenvalue weighted by molar-refractivity contribution is 7.98. The number of rotatable bonds is 6. The standard InChI is InChI=1S/C10H15N3OS/c11-10(12)9-6-8(2-3-13-9)7-15-5-1-4-14/h2-3,6,14H,1,4-5,7H2,(H3,11,12). The van der Waals surface area contributed by atoms with Crippen molar-refractivity contribution in [1.82, 2.24) is 4.98 Å². The number of hydrogen-bond donors (Lipinski definition) is 3. The van der Waals surface area contributed by atoms with Gasteiger partial charge in [0, 0.05) is 18.6 Å². The van der Waals surface area contributed by atoms with Crippen LogP contribution < -0.4 is 5.73 Å². The molecule has 1 heterocycles. The molecule has 0 saturated carbocycles. The fourth-order valence-electron chi connectivity index (χ4n) is 1.07. The van der Waals surface area contributed by atoms with E-state index in [2.05, 4.69) is 4.98 Å². The number of nitrogens with one attached hydrogen (secondary N) is 1. The van der Waals surface area contributed by atoms with Crippen LogP contribution in [0.2, 0.25) is 0 Å². The van der Waals surface area contributed by atoms with Crippen molar-refractivity contribution < 1.29 is 5.11 Å². The van der Waals surface area contributed by atoms with E-state index in [0.29, 0.717) is 5.69 Å². The van der Waals surface area contributed by atoms with E-state index in [4.69, 9.17) is 16.2 Å². The smallest absolute Gasteiger partial charge is 0.141 e. The second-order valence-corrected chi connectivity index (χ2v) is 4.20. The van der Waals surface area contributed by atoms with Crippen LogP contribution in [0, 0.1) is 5.41 Å². The number of nitrogen functional groups attached to an aromatic ring is 1. The van der Waals surface area contributed by atoms with Crippen LogP contribution in [-0.4, -0.2) is 28.3 Å². The summed E-state index contributed by atoms with van der Waals surface area (Å²) >= 11 is 1.75. The van der Waals surface area contributed by atoms with E-state index in [0.717, 1.165) is 23.5 Å². The Balaban J connectivity index is 2.47. The van der Waals surface area contributed by atoms with Gasteiger partial charge in [-0.15, -0.1) is 0 Å². The highest BCUT2D eigenvalue weighted by atomic mass is 32.2. The number of amidine groups is 1. The second kappa shape index (κ2) is 6.42. The van der Waals surface area contributed by atoms with E-state index < -0.39 is 0 Å². The highest BCUT2D eigenvalue weighted by Gasteiger charge is 2.00. The predicted octanol–water partition coefficient (Wildman–Crippen LogP) is 0.981. The zero-order valence-corrected chi connectivity index (χ0v) is 9.26. The number of aliphatic hydroxyl groups is 1. The number of aromatic nitrogens is 1. The third-order valence-electron chi connectivity index (χ3n) is 1.82. The van der Waals surface area contributed by atoms with Gasteiger partial charge in [-0.2, -0.15) is 11.8 Å². The number of hydrogen-bond acceptors (Lipinski definition) is 4. The SMILES string of the molecule is N=C(N)c1cc(CSCCCO)ccn1. The molecule has 0 unspecified atom stereocenters. The van der Waals surface area contributed by atoms with Crippen molar-refractivity contribution in [3.05, 3.63) is 29.6 Å². The van der Waals surface area contributed by atoms with Crippen molar-refractivity contribution >= 4 is 17.6 Å². The van der Waals surface area contributed by atoms with E-state index in [1.807, 2.05) is 12.1 Å². The summed E-state index contributed by atoms with van der Waals surface area (Å²) in [7, 11) is 0. The van der Waals surface area contributed by atoms with Gasteiger partial charge in [0.1, 0.15) is 11.5 Å². The van der Waals surface area contributed by atoms with Gasteiger partial charge in [0.25, 0.3) is 0 Å². The minimum absolute atomic E-state index is 0.00259. The van der Waals surface area contributed by atoms with Gasteiger partial charge in [0.2, 0.25) is 0 Å². The summed E-state index contributed by atoms with van der Waals surface area (Å²) in [6.07, 6.45) is 2.48.